The Kier molecular flexibility index (Phi) is 7.91. The van der Waals surface area contributed by atoms with Crippen molar-refractivity contribution in [2.75, 3.05) is 13.1 Å². The van der Waals surface area contributed by atoms with Crippen molar-refractivity contribution >= 4 is 23.8 Å². The van der Waals surface area contributed by atoms with Crippen LogP contribution in [0.3, 0.4) is 0 Å². The maximum Gasteiger partial charge on any atom is 0.322 e. The monoisotopic (exact) mass is 260 g/mol. The summed E-state index contributed by atoms with van der Waals surface area (Å²) in [5.41, 5.74) is 0. The SMILES string of the molecule is O=C(O)CNC(=O)CCCCC(=O)NCC(=O)O. The van der Waals surface area contributed by atoms with E-state index < -0.39 is 25.0 Å². The van der Waals surface area contributed by atoms with Crippen LogP contribution in [0.15, 0.2) is 0 Å². The lowest BCUT2D eigenvalue weighted by atomic mass is 10.2. The Hall–Kier alpha value is -2.12. The number of nitrogens with one attached hydrogen (secondary N) is 2. The summed E-state index contributed by atoms with van der Waals surface area (Å²) in [4.78, 5) is 42.4. The van der Waals surface area contributed by atoms with Crippen LogP contribution in [0.1, 0.15) is 25.7 Å². The normalized spacial score (nSPS) is 9.56. The van der Waals surface area contributed by atoms with Gasteiger partial charge in [0.15, 0.2) is 0 Å². The van der Waals surface area contributed by atoms with Crippen LogP contribution in [-0.4, -0.2) is 47.1 Å². The van der Waals surface area contributed by atoms with Crippen molar-refractivity contribution in [2.45, 2.75) is 25.7 Å². The van der Waals surface area contributed by atoms with Crippen LogP contribution in [0.4, 0.5) is 0 Å². The van der Waals surface area contributed by atoms with Crippen LogP contribution in [0, 0.1) is 0 Å². The molecule has 0 bridgehead atoms. The third-order valence-corrected chi connectivity index (χ3v) is 1.93. The van der Waals surface area contributed by atoms with Gasteiger partial charge in [0.25, 0.3) is 0 Å². The van der Waals surface area contributed by atoms with Gasteiger partial charge in [-0.3, -0.25) is 19.2 Å². The van der Waals surface area contributed by atoms with Gasteiger partial charge in [0.05, 0.1) is 0 Å². The molecular weight excluding hydrogens is 244 g/mol. The molecule has 0 aromatic heterocycles. The van der Waals surface area contributed by atoms with E-state index in [0.29, 0.717) is 12.8 Å². The van der Waals surface area contributed by atoms with Crippen LogP contribution in [0.2, 0.25) is 0 Å². The molecule has 0 saturated carbocycles. The topological polar surface area (TPSA) is 133 Å². The van der Waals surface area contributed by atoms with Gasteiger partial charge in [-0.15, -0.1) is 0 Å². The Balaban J connectivity index is 3.49. The summed E-state index contributed by atoms with van der Waals surface area (Å²) in [6.45, 7) is -0.837. The second-order valence-corrected chi connectivity index (χ2v) is 3.55. The maximum atomic E-state index is 11.1. The third-order valence-electron chi connectivity index (χ3n) is 1.93. The zero-order chi connectivity index (χ0) is 14.0. The highest BCUT2D eigenvalue weighted by Gasteiger charge is 2.06. The average molecular weight is 260 g/mol. The largest absolute Gasteiger partial charge is 0.480 e. The first-order chi connectivity index (χ1) is 8.41. The van der Waals surface area contributed by atoms with E-state index in [1.165, 1.54) is 0 Å². The van der Waals surface area contributed by atoms with Crippen LogP contribution < -0.4 is 10.6 Å². The molecule has 0 unspecified atom stereocenters. The van der Waals surface area contributed by atoms with E-state index in [0.717, 1.165) is 0 Å². The minimum absolute atomic E-state index is 0.138. The zero-order valence-electron chi connectivity index (χ0n) is 9.77. The molecule has 0 aliphatic carbocycles. The number of aliphatic carboxylic acids is 2. The average Bonchev–Trinajstić information content (AvgIpc) is 2.29. The summed E-state index contributed by atoms with van der Waals surface area (Å²) >= 11 is 0. The third kappa shape index (κ3) is 10.4. The Morgan fingerprint density at radius 3 is 1.33 bits per heavy atom. The minimum Gasteiger partial charge on any atom is -0.480 e. The highest BCUT2D eigenvalue weighted by Crippen LogP contribution is 1.99. The predicted molar refractivity (Wildman–Crippen MR) is 59.8 cm³/mol. The lowest BCUT2D eigenvalue weighted by Gasteiger charge is -2.03. The summed E-state index contributed by atoms with van der Waals surface area (Å²) < 4.78 is 0. The molecule has 0 radical (unpaired) electrons. The standard InChI is InChI=1S/C10H16N2O6/c13-7(11-5-9(15)16)3-1-2-4-8(14)12-6-10(17)18/h1-6H2,(H,11,13)(H,12,14)(H,15,16)(H,17,18). The van der Waals surface area contributed by atoms with E-state index >= 15 is 0 Å². The van der Waals surface area contributed by atoms with Gasteiger partial charge in [0, 0.05) is 12.8 Å². The van der Waals surface area contributed by atoms with Crippen molar-refractivity contribution in [1.29, 1.82) is 0 Å². The number of hydrogen-bond donors (Lipinski definition) is 4. The number of carbonyl (C=O) groups excluding carboxylic acids is 2. The van der Waals surface area contributed by atoms with Gasteiger partial charge in [-0.25, -0.2) is 0 Å². The van der Waals surface area contributed by atoms with E-state index in [1.807, 2.05) is 0 Å². The van der Waals surface area contributed by atoms with Crippen molar-refractivity contribution in [3.63, 3.8) is 0 Å². The van der Waals surface area contributed by atoms with Crippen molar-refractivity contribution in [3.8, 4) is 0 Å². The molecule has 0 heterocycles. The van der Waals surface area contributed by atoms with Crippen LogP contribution in [0.25, 0.3) is 0 Å². The lowest BCUT2D eigenvalue weighted by Crippen LogP contribution is -2.29. The highest BCUT2D eigenvalue weighted by atomic mass is 16.4. The van der Waals surface area contributed by atoms with Crippen molar-refractivity contribution in [3.05, 3.63) is 0 Å². The molecule has 8 heteroatoms. The summed E-state index contributed by atoms with van der Waals surface area (Å²) in [5, 5.41) is 21.0. The van der Waals surface area contributed by atoms with Gasteiger partial charge in [0.2, 0.25) is 11.8 Å². The molecule has 2 amide bonds. The van der Waals surface area contributed by atoms with Gasteiger partial charge in [-0.1, -0.05) is 0 Å². The lowest BCUT2D eigenvalue weighted by molar-refractivity contribution is -0.138. The van der Waals surface area contributed by atoms with E-state index in [1.54, 1.807) is 0 Å². The molecular formula is C10H16N2O6. The van der Waals surface area contributed by atoms with E-state index in [4.69, 9.17) is 10.2 Å². The molecule has 0 fully saturated rings. The molecule has 0 spiro atoms. The number of carboxylic acid groups (broad SMARTS) is 2. The molecule has 102 valence electrons. The fraction of sp³-hybridized carbons (Fsp3) is 0.600. The molecule has 8 nitrogen and oxygen atoms in total. The molecule has 0 aromatic rings. The predicted octanol–water partition coefficient (Wildman–Crippen LogP) is -1.05. The van der Waals surface area contributed by atoms with Crippen LogP contribution >= 0.6 is 0 Å². The molecule has 0 saturated heterocycles. The number of rotatable bonds is 9. The maximum absolute atomic E-state index is 11.1. The quantitative estimate of drug-likeness (QED) is 0.391. The molecule has 0 rings (SSSR count). The van der Waals surface area contributed by atoms with Crippen LogP contribution in [0.5, 0.6) is 0 Å². The molecule has 0 aromatic carbocycles. The molecule has 0 aliphatic rings. The Morgan fingerprint density at radius 2 is 1.06 bits per heavy atom. The number of unbranched alkanes of at least 4 members (excludes halogenated alkanes) is 1. The first kappa shape index (κ1) is 15.9. The van der Waals surface area contributed by atoms with Crippen molar-refractivity contribution < 1.29 is 29.4 Å². The summed E-state index contributed by atoms with van der Waals surface area (Å²) in [6.07, 6.45) is 1.15. The second-order valence-electron chi connectivity index (χ2n) is 3.55. The summed E-state index contributed by atoms with van der Waals surface area (Å²) in [6, 6.07) is 0. The number of hydrogen-bond acceptors (Lipinski definition) is 4. The first-order valence-corrected chi connectivity index (χ1v) is 5.39. The Labute approximate surface area is 103 Å². The smallest absolute Gasteiger partial charge is 0.322 e. The van der Waals surface area contributed by atoms with Crippen molar-refractivity contribution in [2.24, 2.45) is 0 Å². The van der Waals surface area contributed by atoms with Gasteiger partial charge in [0.1, 0.15) is 13.1 Å². The highest BCUT2D eigenvalue weighted by molar-refractivity contribution is 5.82. The summed E-state index contributed by atoms with van der Waals surface area (Å²) in [5.74, 6) is -3.00. The number of carbonyl (C=O) groups is 4. The number of amides is 2. The summed E-state index contributed by atoms with van der Waals surface area (Å²) in [7, 11) is 0. The van der Waals surface area contributed by atoms with Gasteiger partial charge >= 0.3 is 11.9 Å². The Morgan fingerprint density at radius 1 is 0.722 bits per heavy atom. The Bertz CT molecular complexity index is 296. The van der Waals surface area contributed by atoms with E-state index in [9.17, 15) is 19.2 Å². The minimum atomic E-state index is -1.11. The van der Waals surface area contributed by atoms with E-state index in [2.05, 4.69) is 10.6 Å². The van der Waals surface area contributed by atoms with Crippen LogP contribution in [-0.2, 0) is 19.2 Å². The fourth-order valence-electron chi connectivity index (χ4n) is 1.10. The van der Waals surface area contributed by atoms with Crippen molar-refractivity contribution in [1.82, 2.24) is 10.6 Å². The fourth-order valence-corrected chi connectivity index (χ4v) is 1.10. The van der Waals surface area contributed by atoms with E-state index in [-0.39, 0.29) is 24.7 Å². The van der Waals surface area contributed by atoms with Gasteiger partial charge < -0.3 is 20.8 Å². The van der Waals surface area contributed by atoms with Gasteiger partial charge in [-0.05, 0) is 12.8 Å². The molecule has 0 atom stereocenters. The number of carboxylic acids is 2. The molecule has 18 heavy (non-hydrogen) atoms. The first-order valence-electron chi connectivity index (χ1n) is 5.39. The molecule has 4 N–H and O–H groups in total. The van der Waals surface area contributed by atoms with Gasteiger partial charge in [-0.2, -0.15) is 0 Å². The zero-order valence-corrected chi connectivity index (χ0v) is 9.77. The second kappa shape index (κ2) is 8.97. The molecule has 0 aliphatic heterocycles.